The summed E-state index contributed by atoms with van der Waals surface area (Å²) in [5.74, 6) is 0. The number of aromatic nitrogens is 2. The highest BCUT2D eigenvalue weighted by molar-refractivity contribution is 5.88. The molecule has 1 heterocycles. The number of anilines is 2. The van der Waals surface area contributed by atoms with Crippen molar-refractivity contribution in [2.45, 2.75) is 6.54 Å². The zero-order valence-electron chi connectivity index (χ0n) is 9.85. The van der Waals surface area contributed by atoms with Crippen LogP contribution in [0.3, 0.4) is 0 Å². The third kappa shape index (κ3) is 2.00. The second-order valence-electron chi connectivity index (χ2n) is 4.24. The molecule has 0 saturated heterocycles. The molecule has 0 aliphatic carbocycles. The van der Waals surface area contributed by atoms with Crippen molar-refractivity contribution in [2.24, 2.45) is 0 Å². The second kappa shape index (κ2) is 4.41. The maximum atomic E-state index is 6.01. The number of aromatic amines is 1. The lowest BCUT2D eigenvalue weighted by molar-refractivity contribution is 1.12. The topological polar surface area (TPSA) is 66.7 Å². The van der Waals surface area contributed by atoms with Gasteiger partial charge in [0.15, 0.2) is 0 Å². The van der Waals surface area contributed by atoms with Crippen LogP contribution >= 0.6 is 0 Å². The molecule has 0 saturated carbocycles. The summed E-state index contributed by atoms with van der Waals surface area (Å²) in [5.41, 5.74) is 9.88. The Labute approximate surface area is 105 Å². The SMILES string of the molecule is Nc1cc2cn[nH]c2cc1NCc1ccccc1. The summed E-state index contributed by atoms with van der Waals surface area (Å²) < 4.78 is 0. The zero-order valence-corrected chi connectivity index (χ0v) is 9.85. The molecule has 4 heteroatoms. The van der Waals surface area contributed by atoms with Gasteiger partial charge in [0.2, 0.25) is 0 Å². The van der Waals surface area contributed by atoms with Crippen LogP contribution in [0.4, 0.5) is 11.4 Å². The van der Waals surface area contributed by atoms with Gasteiger partial charge in [0.25, 0.3) is 0 Å². The zero-order chi connectivity index (χ0) is 12.4. The molecule has 0 unspecified atom stereocenters. The normalized spacial score (nSPS) is 10.7. The molecule has 0 spiro atoms. The quantitative estimate of drug-likeness (QED) is 0.615. The van der Waals surface area contributed by atoms with Crippen molar-refractivity contribution < 1.29 is 0 Å². The first-order chi connectivity index (χ1) is 8.83. The molecule has 3 rings (SSSR count). The molecule has 0 atom stereocenters. The molecular weight excluding hydrogens is 224 g/mol. The average Bonchev–Trinajstić information content (AvgIpc) is 2.84. The Morgan fingerprint density at radius 3 is 2.83 bits per heavy atom. The molecule has 0 aliphatic heterocycles. The van der Waals surface area contributed by atoms with Gasteiger partial charge in [-0.05, 0) is 17.7 Å². The Bertz CT molecular complexity index is 658. The first-order valence-corrected chi connectivity index (χ1v) is 5.83. The predicted molar refractivity (Wildman–Crippen MR) is 74.3 cm³/mol. The smallest absolute Gasteiger partial charge is 0.0672 e. The van der Waals surface area contributed by atoms with Crippen LogP contribution in [-0.4, -0.2) is 10.2 Å². The summed E-state index contributed by atoms with van der Waals surface area (Å²) in [6.45, 7) is 0.755. The number of benzene rings is 2. The third-order valence-corrected chi connectivity index (χ3v) is 2.94. The van der Waals surface area contributed by atoms with Crippen LogP contribution < -0.4 is 11.1 Å². The van der Waals surface area contributed by atoms with Crippen LogP contribution in [0.5, 0.6) is 0 Å². The van der Waals surface area contributed by atoms with Crippen molar-refractivity contribution in [1.82, 2.24) is 10.2 Å². The summed E-state index contributed by atoms with van der Waals surface area (Å²) >= 11 is 0. The summed E-state index contributed by atoms with van der Waals surface area (Å²) in [6, 6.07) is 14.1. The summed E-state index contributed by atoms with van der Waals surface area (Å²) in [5, 5.41) is 11.3. The number of nitrogen functional groups attached to an aromatic ring is 1. The number of hydrogen-bond acceptors (Lipinski definition) is 3. The number of H-pyrrole nitrogens is 1. The standard InChI is InChI=1S/C14H14N4/c15-12-6-11-9-17-18-13(11)7-14(12)16-8-10-4-2-1-3-5-10/h1-7,9,16H,8,15H2,(H,17,18). The van der Waals surface area contributed by atoms with Gasteiger partial charge >= 0.3 is 0 Å². The van der Waals surface area contributed by atoms with E-state index in [1.807, 2.05) is 30.3 Å². The van der Waals surface area contributed by atoms with Crippen molar-refractivity contribution in [3.05, 3.63) is 54.2 Å². The molecular formula is C14H14N4. The van der Waals surface area contributed by atoms with Gasteiger partial charge in [0.1, 0.15) is 0 Å². The second-order valence-corrected chi connectivity index (χ2v) is 4.24. The van der Waals surface area contributed by atoms with Crippen molar-refractivity contribution in [3.63, 3.8) is 0 Å². The van der Waals surface area contributed by atoms with Gasteiger partial charge in [-0.1, -0.05) is 30.3 Å². The van der Waals surface area contributed by atoms with Crippen LogP contribution in [0.1, 0.15) is 5.56 Å². The van der Waals surface area contributed by atoms with E-state index in [-0.39, 0.29) is 0 Å². The molecule has 0 amide bonds. The molecule has 2 aromatic carbocycles. The summed E-state index contributed by atoms with van der Waals surface area (Å²) in [7, 11) is 0. The molecule has 0 fully saturated rings. The molecule has 0 aliphatic rings. The Hall–Kier alpha value is -2.49. The lowest BCUT2D eigenvalue weighted by Crippen LogP contribution is -2.02. The van der Waals surface area contributed by atoms with Crippen molar-refractivity contribution in [2.75, 3.05) is 11.1 Å². The predicted octanol–water partition coefficient (Wildman–Crippen LogP) is 2.76. The van der Waals surface area contributed by atoms with Gasteiger partial charge in [0, 0.05) is 11.9 Å². The number of nitrogens with two attached hydrogens (primary N) is 1. The fourth-order valence-electron chi connectivity index (χ4n) is 1.96. The largest absolute Gasteiger partial charge is 0.397 e. The highest BCUT2D eigenvalue weighted by Crippen LogP contribution is 2.25. The van der Waals surface area contributed by atoms with Gasteiger partial charge in [-0.3, -0.25) is 5.10 Å². The lowest BCUT2D eigenvalue weighted by atomic mass is 10.2. The molecule has 0 bridgehead atoms. The Kier molecular flexibility index (Phi) is 2.61. The molecule has 0 radical (unpaired) electrons. The van der Waals surface area contributed by atoms with Gasteiger partial charge < -0.3 is 11.1 Å². The van der Waals surface area contributed by atoms with Crippen LogP contribution in [0.15, 0.2) is 48.7 Å². The molecule has 4 nitrogen and oxygen atoms in total. The monoisotopic (exact) mass is 238 g/mol. The van der Waals surface area contributed by atoms with E-state index in [9.17, 15) is 0 Å². The molecule has 1 aromatic heterocycles. The van der Waals surface area contributed by atoms with Crippen LogP contribution in [0.25, 0.3) is 10.9 Å². The summed E-state index contributed by atoms with van der Waals surface area (Å²) in [4.78, 5) is 0. The minimum atomic E-state index is 0.736. The van der Waals surface area contributed by atoms with E-state index in [4.69, 9.17) is 5.73 Å². The van der Waals surface area contributed by atoms with E-state index in [2.05, 4.69) is 27.6 Å². The number of hydrogen-bond donors (Lipinski definition) is 3. The van der Waals surface area contributed by atoms with Gasteiger partial charge in [-0.15, -0.1) is 0 Å². The molecule has 18 heavy (non-hydrogen) atoms. The lowest BCUT2D eigenvalue weighted by Gasteiger charge is -2.09. The Morgan fingerprint density at radius 2 is 2.00 bits per heavy atom. The minimum Gasteiger partial charge on any atom is -0.397 e. The number of fused-ring (bicyclic) bond motifs is 1. The maximum absolute atomic E-state index is 6.01. The van der Waals surface area contributed by atoms with Crippen molar-refractivity contribution in [3.8, 4) is 0 Å². The Morgan fingerprint density at radius 1 is 1.17 bits per heavy atom. The van der Waals surface area contributed by atoms with Gasteiger partial charge in [0.05, 0.1) is 23.1 Å². The van der Waals surface area contributed by atoms with E-state index in [1.54, 1.807) is 6.20 Å². The van der Waals surface area contributed by atoms with Gasteiger partial charge in [-0.2, -0.15) is 5.10 Å². The van der Waals surface area contributed by atoms with Crippen LogP contribution in [-0.2, 0) is 6.54 Å². The Balaban J connectivity index is 1.84. The van der Waals surface area contributed by atoms with E-state index in [0.717, 1.165) is 28.8 Å². The first kappa shape index (κ1) is 10.7. The molecule has 3 aromatic rings. The first-order valence-electron chi connectivity index (χ1n) is 5.83. The van der Waals surface area contributed by atoms with E-state index in [1.165, 1.54) is 5.56 Å². The summed E-state index contributed by atoms with van der Waals surface area (Å²) in [6.07, 6.45) is 1.77. The fourth-order valence-corrected chi connectivity index (χ4v) is 1.96. The molecule has 4 N–H and O–H groups in total. The van der Waals surface area contributed by atoms with Crippen molar-refractivity contribution in [1.29, 1.82) is 0 Å². The van der Waals surface area contributed by atoms with E-state index < -0.39 is 0 Å². The number of nitrogens with one attached hydrogen (secondary N) is 2. The minimum absolute atomic E-state index is 0.736. The number of rotatable bonds is 3. The third-order valence-electron chi connectivity index (χ3n) is 2.94. The van der Waals surface area contributed by atoms with E-state index in [0.29, 0.717) is 0 Å². The van der Waals surface area contributed by atoms with Crippen LogP contribution in [0.2, 0.25) is 0 Å². The van der Waals surface area contributed by atoms with Gasteiger partial charge in [-0.25, -0.2) is 0 Å². The van der Waals surface area contributed by atoms with Crippen LogP contribution in [0, 0.1) is 0 Å². The van der Waals surface area contributed by atoms with E-state index >= 15 is 0 Å². The number of nitrogens with zero attached hydrogens (tertiary/aromatic N) is 1. The highest BCUT2D eigenvalue weighted by Gasteiger charge is 2.03. The molecule has 90 valence electrons. The average molecular weight is 238 g/mol. The highest BCUT2D eigenvalue weighted by atomic mass is 15.1. The van der Waals surface area contributed by atoms with Crippen molar-refractivity contribution >= 4 is 22.3 Å². The fraction of sp³-hybridized carbons (Fsp3) is 0.0714. The maximum Gasteiger partial charge on any atom is 0.0672 e.